The van der Waals surface area contributed by atoms with Crippen LogP contribution in [0.2, 0.25) is 0 Å². The predicted molar refractivity (Wildman–Crippen MR) is 225 cm³/mol. The summed E-state index contributed by atoms with van der Waals surface area (Å²) in [5, 5.41) is 1.18. The zero-order valence-corrected chi connectivity index (χ0v) is 34.8. The van der Waals surface area contributed by atoms with Crippen molar-refractivity contribution < 1.29 is 9.59 Å². The van der Waals surface area contributed by atoms with Crippen LogP contribution in [-0.2, 0) is 17.8 Å². The molecule has 1 fully saturated rings. The number of unbranched alkanes of at least 4 members (excludes halogenated alkanes) is 1. The van der Waals surface area contributed by atoms with E-state index < -0.39 is 0 Å². The molecule has 2 aromatic heterocycles. The lowest BCUT2D eigenvalue weighted by molar-refractivity contribution is -0.136. The molecule has 0 spiro atoms. The van der Waals surface area contributed by atoms with Gasteiger partial charge in [0.1, 0.15) is 0 Å². The van der Waals surface area contributed by atoms with E-state index in [4.69, 9.17) is 0 Å². The third-order valence-corrected chi connectivity index (χ3v) is 9.79. The highest BCUT2D eigenvalue weighted by Gasteiger charge is 2.30. The van der Waals surface area contributed by atoms with Gasteiger partial charge in [-0.1, -0.05) is 105 Å². The van der Waals surface area contributed by atoms with Gasteiger partial charge in [0, 0.05) is 91.5 Å². The molecule has 0 aliphatic carbocycles. The fourth-order valence-electron chi connectivity index (χ4n) is 6.19. The van der Waals surface area contributed by atoms with E-state index in [0.29, 0.717) is 31.1 Å². The van der Waals surface area contributed by atoms with E-state index in [1.807, 2.05) is 68.9 Å². The van der Waals surface area contributed by atoms with Gasteiger partial charge in [0.2, 0.25) is 5.91 Å². The number of piperazine rings is 1. The second kappa shape index (κ2) is 24.6. The Labute approximate surface area is 320 Å². The molecule has 288 valence electrons. The van der Waals surface area contributed by atoms with Crippen LogP contribution in [0.5, 0.6) is 0 Å². The first-order chi connectivity index (χ1) is 25.2. The Hall–Kier alpha value is -3.56. The second-order valence-corrected chi connectivity index (χ2v) is 14.5. The summed E-state index contributed by atoms with van der Waals surface area (Å²) in [5.74, 6) is 0.300. The maximum absolute atomic E-state index is 14.2. The zero-order chi connectivity index (χ0) is 38.5. The molecule has 0 saturated carbocycles. The first-order valence-corrected chi connectivity index (χ1v) is 20.5. The number of rotatable bonds is 8. The normalized spacial score (nSPS) is 17.5. The molecule has 1 aromatic carbocycles. The van der Waals surface area contributed by atoms with E-state index >= 15 is 0 Å². The maximum atomic E-state index is 14.2. The standard InChI is InChI=1S/C34H44N6O2S.C4H10.C3H8.C2H6/c1-5-25(2)32-29-14-13-26(33(41)36-43-37(3)4)23-31(29)40-24-27(11-9-7-6-8-10-12-30(32)40)34(42)39-21-19-38(20-22-39)28-15-17-35-18-16-28;1-3-4-2;1-3-2;1-2/h6-8,10,13-18,23,25,27H,5,9,11-12,19-22,24H2,1-4H3,(H,36,41);3-4H2,1-2H3;3H2,1-2H3;1-2H3/b7-6-,10-8-;;;. The molecule has 5 rings (SSSR count). The first-order valence-electron chi connectivity index (χ1n) is 19.7. The molecular formula is C43H68N6O2S. The van der Waals surface area contributed by atoms with Gasteiger partial charge < -0.3 is 14.4 Å². The highest BCUT2D eigenvalue weighted by atomic mass is 32.2. The highest BCUT2D eigenvalue weighted by Crippen LogP contribution is 2.36. The Morgan fingerprint density at radius 3 is 2.17 bits per heavy atom. The molecule has 8 nitrogen and oxygen atoms in total. The van der Waals surface area contributed by atoms with Crippen molar-refractivity contribution in [2.45, 2.75) is 113 Å². The van der Waals surface area contributed by atoms with E-state index in [1.54, 1.807) is 0 Å². The summed E-state index contributed by atoms with van der Waals surface area (Å²) < 4.78 is 7.14. The SMILES string of the molecule is CC.CCC.CCC(C)c1c2n(c3cc(C(=O)NSN(C)C)ccc13)CC(C(=O)N1CCN(c3ccncc3)CC1)CC/C=C\C=C/C2.CCCC. The molecule has 0 radical (unpaired) electrons. The third-order valence-electron chi connectivity index (χ3n) is 9.15. The average Bonchev–Trinajstić information content (AvgIpc) is 3.46. The molecule has 2 unspecified atom stereocenters. The van der Waals surface area contributed by atoms with Gasteiger partial charge in [-0.05, 0) is 69.1 Å². The zero-order valence-electron chi connectivity index (χ0n) is 34.0. The van der Waals surface area contributed by atoms with E-state index in [2.05, 4.69) is 96.0 Å². The van der Waals surface area contributed by atoms with Crippen LogP contribution in [0.3, 0.4) is 0 Å². The molecule has 2 amide bonds. The number of carbonyl (C=O) groups excluding carboxylic acids is 2. The van der Waals surface area contributed by atoms with E-state index in [9.17, 15) is 9.59 Å². The number of hydrogen-bond acceptors (Lipinski definition) is 6. The van der Waals surface area contributed by atoms with Crippen molar-refractivity contribution >= 4 is 40.5 Å². The number of aromatic nitrogens is 2. The minimum atomic E-state index is -0.156. The number of fused-ring (bicyclic) bond motifs is 3. The summed E-state index contributed by atoms with van der Waals surface area (Å²) >= 11 is 1.27. The Bertz CT molecular complexity index is 1520. The van der Waals surface area contributed by atoms with E-state index in [0.717, 1.165) is 50.0 Å². The Morgan fingerprint density at radius 2 is 1.58 bits per heavy atom. The number of nitrogens with one attached hydrogen (secondary N) is 1. The molecule has 9 heteroatoms. The van der Waals surface area contributed by atoms with Crippen molar-refractivity contribution in [3.8, 4) is 0 Å². The molecular weight excluding hydrogens is 665 g/mol. The van der Waals surface area contributed by atoms with Gasteiger partial charge in [-0.25, -0.2) is 4.31 Å². The number of anilines is 1. The van der Waals surface area contributed by atoms with Crippen molar-refractivity contribution in [2.75, 3.05) is 45.2 Å². The lowest BCUT2D eigenvalue weighted by atomic mass is 9.94. The highest BCUT2D eigenvalue weighted by molar-refractivity contribution is 7.95. The van der Waals surface area contributed by atoms with Crippen LogP contribution in [0.1, 0.15) is 121 Å². The van der Waals surface area contributed by atoms with Crippen molar-refractivity contribution in [1.29, 1.82) is 0 Å². The number of pyridine rings is 1. The first kappa shape index (κ1) is 44.6. The van der Waals surface area contributed by atoms with Crippen LogP contribution in [0, 0.1) is 5.92 Å². The summed E-state index contributed by atoms with van der Waals surface area (Å²) in [6, 6.07) is 10.1. The number of nitrogens with zero attached hydrogens (tertiary/aromatic N) is 5. The molecule has 4 heterocycles. The summed E-state index contributed by atoms with van der Waals surface area (Å²) in [4.78, 5) is 35.8. The Morgan fingerprint density at radius 1 is 0.942 bits per heavy atom. The van der Waals surface area contributed by atoms with Gasteiger partial charge in [-0.2, -0.15) is 0 Å². The van der Waals surface area contributed by atoms with Crippen LogP contribution in [0.4, 0.5) is 5.69 Å². The van der Waals surface area contributed by atoms with Gasteiger partial charge in [-0.15, -0.1) is 0 Å². The minimum Gasteiger partial charge on any atom is -0.368 e. The molecule has 2 atom stereocenters. The monoisotopic (exact) mass is 733 g/mol. The van der Waals surface area contributed by atoms with Crippen LogP contribution in [0.15, 0.2) is 67.0 Å². The maximum Gasteiger partial charge on any atom is 0.262 e. The number of allylic oxidation sites excluding steroid dienone is 4. The second-order valence-electron chi connectivity index (χ2n) is 13.4. The number of hydrogen-bond donors (Lipinski definition) is 1. The van der Waals surface area contributed by atoms with Crippen molar-refractivity contribution in [3.05, 3.63) is 83.9 Å². The lowest BCUT2D eigenvalue weighted by Gasteiger charge is -2.37. The van der Waals surface area contributed by atoms with Crippen LogP contribution >= 0.6 is 12.1 Å². The van der Waals surface area contributed by atoms with Gasteiger partial charge in [0.15, 0.2) is 0 Å². The Balaban J connectivity index is 0.000000944. The molecule has 2 aliphatic rings. The summed E-state index contributed by atoms with van der Waals surface area (Å²) in [7, 11) is 3.80. The van der Waals surface area contributed by atoms with E-state index in [1.165, 1.54) is 48.0 Å². The molecule has 0 bridgehead atoms. The van der Waals surface area contributed by atoms with Gasteiger partial charge in [0.05, 0.1) is 5.92 Å². The number of benzene rings is 1. The largest absolute Gasteiger partial charge is 0.368 e. The topological polar surface area (TPSA) is 73.7 Å². The van der Waals surface area contributed by atoms with Crippen molar-refractivity contribution in [3.63, 3.8) is 0 Å². The molecule has 3 aromatic rings. The summed E-state index contributed by atoms with van der Waals surface area (Å²) in [6.45, 7) is 20.8. The number of amides is 2. The van der Waals surface area contributed by atoms with Gasteiger partial charge in [-0.3, -0.25) is 19.3 Å². The smallest absolute Gasteiger partial charge is 0.262 e. The predicted octanol–water partition coefficient (Wildman–Crippen LogP) is 10.1. The molecule has 52 heavy (non-hydrogen) atoms. The van der Waals surface area contributed by atoms with Gasteiger partial charge >= 0.3 is 0 Å². The van der Waals surface area contributed by atoms with E-state index in [-0.39, 0.29) is 17.7 Å². The Kier molecular flexibility index (Phi) is 21.1. The van der Waals surface area contributed by atoms with Crippen molar-refractivity contribution in [1.82, 2.24) is 23.5 Å². The van der Waals surface area contributed by atoms with Crippen LogP contribution in [0.25, 0.3) is 10.9 Å². The molecule has 1 saturated heterocycles. The quantitative estimate of drug-likeness (QED) is 0.233. The molecule has 1 N–H and O–H groups in total. The summed E-state index contributed by atoms with van der Waals surface area (Å²) in [5.41, 5.74) is 5.39. The van der Waals surface area contributed by atoms with Crippen LogP contribution < -0.4 is 9.62 Å². The number of carbonyl (C=O) groups is 2. The van der Waals surface area contributed by atoms with Crippen molar-refractivity contribution in [2.24, 2.45) is 5.92 Å². The summed E-state index contributed by atoms with van der Waals surface area (Å²) in [6.07, 6.45) is 19.6. The fourth-order valence-corrected chi connectivity index (χ4v) is 6.57. The van der Waals surface area contributed by atoms with Gasteiger partial charge in [0.25, 0.3) is 5.91 Å². The minimum absolute atomic E-state index is 0.123. The average molecular weight is 733 g/mol. The third kappa shape index (κ3) is 13.1. The lowest BCUT2D eigenvalue weighted by Crippen LogP contribution is -2.51. The fraction of sp³-hybridized carbons (Fsp3) is 0.558. The van der Waals surface area contributed by atoms with Crippen LogP contribution in [-0.4, -0.2) is 70.8 Å². The molecule has 2 aliphatic heterocycles.